The lowest BCUT2D eigenvalue weighted by atomic mass is 10.2. The van der Waals surface area contributed by atoms with Crippen LogP contribution >= 0.6 is 11.3 Å². The molecule has 3 aromatic carbocycles. The van der Waals surface area contributed by atoms with Crippen molar-refractivity contribution >= 4 is 22.7 Å². The van der Waals surface area contributed by atoms with Crippen molar-refractivity contribution in [1.82, 2.24) is 4.98 Å². The van der Waals surface area contributed by atoms with Gasteiger partial charge in [0.15, 0.2) is 0 Å². The maximum Gasteiger partial charge on any atom is 0.203 e. The summed E-state index contributed by atoms with van der Waals surface area (Å²) in [6.45, 7) is 0.552. The SMILES string of the molecule is COc1ccc(-c2csc(N/N=C/c3ccc(OCc4ccccc4)cc3)n2)cc1. The number of hydrazone groups is 1. The molecule has 0 saturated heterocycles. The van der Waals surface area contributed by atoms with E-state index in [9.17, 15) is 0 Å². The van der Waals surface area contributed by atoms with Gasteiger partial charge in [-0.25, -0.2) is 4.98 Å². The molecule has 0 radical (unpaired) electrons. The number of hydrogen-bond donors (Lipinski definition) is 1. The summed E-state index contributed by atoms with van der Waals surface area (Å²) >= 11 is 1.51. The number of nitrogens with one attached hydrogen (secondary N) is 1. The zero-order valence-corrected chi connectivity index (χ0v) is 17.3. The third-order valence-electron chi connectivity index (χ3n) is 4.39. The molecule has 0 aliphatic heterocycles. The number of aromatic nitrogens is 1. The fourth-order valence-corrected chi connectivity index (χ4v) is 3.44. The van der Waals surface area contributed by atoms with Crippen LogP contribution in [0.5, 0.6) is 11.5 Å². The van der Waals surface area contributed by atoms with Crippen molar-refractivity contribution in [2.45, 2.75) is 6.61 Å². The van der Waals surface area contributed by atoms with Crippen LogP contribution < -0.4 is 14.9 Å². The third-order valence-corrected chi connectivity index (χ3v) is 5.14. The Hall–Kier alpha value is -3.64. The molecular weight excluding hydrogens is 394 g/mol. The molecule has 0 aliphatic carbocycles. The summed E-state index contributed by atoms with van der Waals surface area (Å²) < 4.78 is 11.0. The largest absolute Gasteiger partial charge is 0.497 e. The molecule has 1 aromatic heterocycles. The van der Waals surface area contributed by atoms with E-state index >= 15 is 0 Å². The Balaban J connectivity index is 1.30. The minimum atomic E-state index is 0.552. The molecule has 0 unspecified atom stereocenters. The van der Waals surface area contributed by atoms with E-state index in [0.717, 1.165) is 39.0 Å². The molecule has 1 heterocycles. The summed E-state index contributed by atoms with van der Waals surface area (Å²) in [5.74, 6) is 1.65. The van der Waals surface area contributed by atoms with Gasteiger partial charge < -0.3 is 9.47 Å². The van der Waals surface area contributed by atoms with Crippen molar-refractivity contribution in [3.05, 3.63) is 95.4 Å². The summed E-state index contributed by atoms with van der Waals surface area (Å²) in [5, 5.41) is 7.02. The lowest BCUT2D eigenvalue weighted by Crippen LogP contribution is -1.95. The molecule has 1 N–H and O–H groups in total. The molecular formula is C24H21N3O2S. The van der Waals surface area contributed by atoms with E-state index in [4.69, 9.17) is 9.47 Å². The number of thiazole rings is 1. The minimum absolute atomic E-state index is 0.552. The first-order valence-corrected chi connectivity index (χ1v) is 10.3. The quantitative estimate of drug-likeness (QED) is 0.290. The molecule has 0 atom stereocenters. The first-order chi connectivity index (χ1) is 14.8. The molecule has 0 bridgehead atoms. The van der Waals surface area contributed by atoms with E-state index in [2.05, 4.69) is 15.5 Å². The maximum absolute atomic E-state index is 5.80. The van der Waals surface area contributed by atoms with Crippen LogP contribution in [0.1, 0.15) is 11.1 Å². The Bertz CT molecular complexity index is 1090. The molecule has 150 valence electrons. The van der Waals surface area contributed by atoms with Gasteiger partial charge in [0.25, 0.3) is 0 Å². The number of hydrogen-bond acceptors (Lipinski definition) is 6. The van der Waals surface area contributed by atoms with E-state index in [1.54, 1.807) is 13.3 Å². The Morgan fingerprint density at radius 3 is 2.40 bits per heavy atom. The van der Waals surface area contributed by atoms with Crippen molar-refractivity contribution in [2.75, 3.05) is 12.5 Å². The summed E-state index contributed by atoms with van der Waals surface area (Å²) in [7, 11) is 1.66. The summed E-state index contributed by atoms with van der Waals surface area (Å²) in [4.78, 5) is 4.57. The highest BCUT2D eigenvalue weighted by atomic mass is 32.1. The highest BCUT2D eigenvalue weighted by molar-refractivity contribution is 7.14. The van der Waals surface area contributed by atoms with Crippen molar-refractivity contribution in [3.63, 3.8) is 0 Å². The van der Waals surface area contributed by atoms with Crippen LogP contribution in [0.25, 0.3) is 11.3 Å². The van der Waals surface area contributed by atoms with Gasteiger partial charge in [-0.3, -0.25) is 5.43 Å². The zero-order valence-electron chi connectivity index (χ0n) is 16.5. The second-order valence-corrected chi connectivity index (χ2v) is 7.34. The van der Waals surface area contributed by atoms with Crippen molar-refractivity contribution in [1.29, 1.82) is 0 Å². The third kappa shape index (κ3) is 5.24. The van der Waals surface area contributed by atoms with Crippen molar-refractivity contribution < 1.29 is 9.47 Å². The Kier molecular flexibility index (Phi) is 6.37. The average Bonchev–Trinajstić information content (AvgIpc) is 3.28. The van der Waals surface area contributed by atoms with Crippen LogP contribution in [0.2, 0.25) is 0 Å². The predicted molar refractivity (Wildman–Crippen MR) is 123 cm³/mol. The van der Waals surface area contributed by atoms with Gasteiger partial charge >= 0.3 is 0 Å². The number of anilines is 1. The molecule has 4 rings (SSSR count). The van der Waals surface area contributed by atoms with Crippen LogP contribution in [0.3, 0.4) is 0 Å². The molecule has 0 saturated carbocycles. The molecule has 0 fully saturated rings. The fourth-order valence-electron chi connectivity index (χ4n) is 2.77. The van der Waals surface area contributed by atoms with Gasteiger partial charge in [-0.1, -0.05) is 30.3 Å². The monoisotopic (exact) mass is 415 g/mol. The molecule has 6 heteroatoms. The highest BCUT2D eigenvalue weighted by Gasteiger charge is 2.04. The van der Waals surface area contributed by atoms with Gasteiger partial charge in [-0.2, -0.15) is 5.10 Å². The number of benzene rings is 3. The lowest BCUT2D eigenvalue weighted by Gasteiger charge is -2.06. The highest BCUT2D eigenvalue weighted by Crippen LogP contribution is 2.26. The average molecular weight is 416 g/mol. The van der Waals surface area contributed by atoms with Gasteiger partial charge in [-0.15, -0.1) is 11.3 Å². The molecule has 30 heavy (non-hydrogen) atoms. The molecule has 4 aromatic rings. The van der Waals surface area contributed by atoms with E-state index in [1.165, 1.54) is 11.3 Å². The van der Waals surface area contributed by atoms with Crippen molar-refractivity contribution in [3.8, 4) is 22.8 Å². The van der Waals surface area contributed by atoms with Gasteiger partial charge in [0, 0.05) is 10.9 Å². The van der Waals surface area contributed by atoms with E-state index in [0.29, 0.717) is 6.61 Å². The minimum Gasteiger partial charge on any atom is -0.497 e. The maximum atomic E-state index is 5.80. The van der Waals surface area contributed by atoms with E-state index < -0.39 is 0 Å². The van der Waals surface area contributed by atoms with E-state index in [1.807, 2.05) is 84.2 Å². The smallest absolute Gasteiger partial charge is 0.203 e. The fraction of sp³-hybridized carbons (Fsp3) is 0.0833. The van der Waals surface area contributed by atoms with E-state index in [-0.39, 0.29) is 0 Å². The predicted octanol–water partition coefficient (Wildman–Crippen LogP) is 5.84. The zero-order chi connectivity index (χ0) is 20.6. The molecule has 0 amide bonds. The van der Waals surface area contributed by atoms with Gasteiger partial charge in [0.2, 0.25) is 5.13 Å². The number of nitrogens with zero attached hydrogens (tertiary/aromatic N) is 2. The van der Waals surface area contributed by atoms with Crippen LogP contribution in [0, 0.1) is 0 Å². The number of ether oxygens (including phenoxy) is 2. The van der Waals surface area contributed by atoms with Gasteiger partial charge in [0.05, 0.1) is 19.0 Å². The Morgan fingerprint density at radius 1 is 0.933 bits per heavy atom. The van der Waals surface area contributed by atoms with Crippen LogP contribution in [0.15, 0.2) is 89.3 Å². The first-order valence-electron chi connectivity index (χ1n) is 9.46. The number of rotatable bonds is 8. The molecule has 0 aliphatic rings. The Labute approximate surface area is 179 Å². The van der Waals surface area contributed by atoms with Crippen LogP contribution in [-0.2, 0) is 6.61 Å². The number of methoxy groups -OCH3 is 1. The van der Waals surface area contributed by atoms with Gasteiger partial charge in [-0.05, 0) is 59.7 Å². The van der Waals surface area contributed by atoms with Crippen LogP contribution in [0.4, 0.5) is 5.13 Å². The molecule has 5 nitrogen and oxygen atoms in total. The summed E-state index contributed by atoms with van der Waals surface area (Å²) in [6, 6.07) is 25.7. The first kappa shape index (κ1) is 19.7. The normalized spacial score (nSPS) is 10.8. The van der Waals surface area contributed by atoms with Crippen molar-refractivity contribution in [2.24, 2.45) is 5.10 Å². The standard InChI is InChI=1S/C24H21N3O2S/c1-28-21-13-9-20(10-14-21)23-17-30-24(26-23)27-25-15-18-7-11-22(12-8-18)29-16-19-5-3-2-4-6-19/h2-15,17H,16H2,1H3,(H,26,27)/b25-15+. The topological polar surface area (TPSA) is 55.7 Å². The molecule has 0 spiro atoms. The Morgan fingerprint density at radius 2 is 1.67 bits per heavy atom. The second-order valence-electron chi connectivity index (χ2n) is 6.48. The van der Waals surface area contributed by atoms with Crippen LogP contribution in [-0.4, -0.2) is 18.3 Å². The second kappa shape index (κ2) is 9.71. The summed E-state index contributed by atoms with van der Waals surface area (Å²) in [6.07, 6.45) is 1.76. The lowest BCUT2D eigenvalue weighted by molar-refractivity contribution is 0.306. The summed E-state index contributed by atoms with van der Waals surface area (Å²) in [5.41, 5.74) is 7.05. The van der Waals surface area contributed by atoms with Gasteiger partial charge in [0.1, 0.15) is 18.1 Å².